The normalized spacial score (nSPS) is 10.7. The molecule has 0 fully saturated rings. The maximum Gasteiger partial charge on any atom is 0.287 e. The number of nitrogen functional groups attached to an aromatic ring is 1. The summed E-state index contributed by atoms with van der Waals surface area (Å²) in [6.07, 6.45) is 9.09. The van der Waals surface area contributed by atoms with Crippen molar-refractivity contribution in [2.75, 3.05) is 13.2 Å². The van der Waals surface area contributed by atoms with Gasteiger partial charge in [0.1, 0.15) is 0 Å². The van der Waals surface area contributed by atoms with Crippen molar-refractivity contribution in [3.8, 4) is 0 Å². The number of carbonyl (C=O) groups is 1. The van der Waals surface area contributed by atoms with Gasteiger partial charge < -0.3 is 4.74 Å². The summed E-state index contributed by atoms with van der Waals surface area (Å²) in [5.74, 6) is 4.57. The Morgan fingerprint density at radius 1 is 1.30 bits per heavy atom. The molecule has 0 atom stereocenters. The fraction of sp³-hybridized carbons (Fsp3) is 0.769. The number of hydrogen-bond acceptors (Lipinski definition) is 5. The van der Waals surface area contributed by atoms with Crippen LogP contribution in [0, 0.1) is 0 Å². The number of nitrogens with two attached hydrogens (primary N) is 1. The Kier molecular flexibility index (Phi) is 8.57. The van der Waals surface area contributed by atoms with E-state index >= 15 is 0 Å². The molecular formula is C13H25N5O2. The van der Waals surface area contributed by atoms with E-state index in [1.165, 1.54) is 32.1 Å². The molecule has 1 heterocycles. The fourth-order valence-corrected chi connectivity index (χ4v) is 1.83. The monoisotopic (exact) mass is 283 g/mol. The summed E-state index contributed by atoms with van der Waals surface area (Å²) in [4.78, 5) is 11.2. The van der Waals surface area contributed by atoms with Crippen molar-refractivity contribution in [3.63, 3.8) is 0 Å². The predicted molar refractivity (Wildman–Crippen MR) is 75.9 cm³/mol. The molecule has 0 bridgehead atoms. The standard InChI is InChI=1S/C13H25N5O2/c1-2-3-4-5-6-7-9-20-10-8-18-11-12(16-17-18)13(19)15-14/h11H,2-10,14H2,1H3,(H,15,19). The van der Waals surface area contributed by atoms with Gasteiger partial charge in [0.25, 0.3) is 5.91 Å². The van der Waals surface area contributed by atoms with Gasteiger partial charge in [0.15, 0.2) is 5.69 Å². The zero-order chi connectivity index (χ0) is 14.6. The van der Waals surface area contributed by atoms with Crippen LogP contribution in [0.15, 0.2) is 6.20 Å². The number of aromatic nitrogens is 3. The van der Waals surface area contributed by atoms with Gasteiger partial charge in [-0.2, -0.15) is 0 Å². The lowest BCUT2D eigenvalue weighted by Gasteiger charge is -2.04. The van der Waals surface area contributed by atoms with E-state index in [1.54, 1.807) is 10.9 Å². The van der Waals surface area contributed by atoms with Crippen LogP contribution in [0.4, 0.5) is 0 Å². The molecule has 1 aromatic rings. The Balaban J connectivity index is 2.01. The molecule has 3 N–H and O–H groups in total. The predicted octanol–water partition coefficient (Wildman–Crippen LogP) is 1.26. The summed E-state index contributed by atoms with van der Waals surface area (Å²) in [6.45, 7) is 4.15. The average Bonchev–Trinajstić information content (AvgIpc) is 2.93. The minimum absolute atomic E-state index is 0.212. The maximum atomic E-state index is 11.2. The van der Waals surface area contributed by atoms with Gasteiger partial charge in [-0.1, -0.05) is 44.2 Å². The van der Waals surface area contributed by atoms with Crippen LogP contribution in [-0.2, 0) is 11.3 Å². The number of hydrogen-bond donors (Lipinski definition) is 2. The van der Waals surface area contributed by atoms with Gasteiger partial charge in [-0.05, 0) is 6.42 Å². The van der Waals surface area contributed by atoms with E-state index in [0.29, 0.717) is 13.2 Å². The number of amides is 1. The molecule has 7 heteroatoms. The summed E-state index contributed by atoms with van der Waals surface area (Å²) in [6, 6.07) is 0. The smallest absolute Gasteiger partial charge is 0.287 e. The summed E-state index contributed by atoms with van der Waals surface area (Å²) < 4.78 is 7.10. The highest BCUT2D eigenvalue weighted by Crippen LogP contribution is 2.04. The van der Waals surface area contributed by atoms with Gasteiger partial charge in [0.05, 0.1) is 19.3 Å². The first-order chi connectivity index (χ1) is 9.77. The molecule has 7 nitrogen and oxygen atoms in total. The Morgan fingerprint density at radius 2 is 2.05 bits per heavy atom. The molecule has 1 rings (SSSR count). The summed E-state index contributed by atoms with van der Waals surface area (Å²) in [5.41, 5.74) is 2.22. The van der Waals surface area contributed by atoms with Crippen LogP contribution in [0.5, 0.6) is 0 Å². The second-order valence-electron chi connectivity index (χ2n) is 4.72. The second-order valence-corrected chi connectivity index (χ2v) is 4.72. The first-order valence-electron chi connectivity index (χ1n) is 7.26. The number of rotatable bonds is 11. The van der Waals surface area contributed by atoms with E-state index in [1.807, 2.05) is 5.43 Å². The average molecular weight is 283 g/mol. The Bertz CT molecular complexity index is 381. The van der Waals surface area contributed by atoms with E-state index in [2.05, 4.69) is 17.2 Å². The van der Waals surface area contributed by atoms with Gasteiger partial charge in [0.2, 0.25) is 0 Å². The molecule has 0 aliphatic rings. The third-order valence-electron chi connectivity index (χ3n) is 3.01. The summed E-state index contributed by atoms with van der Waals surface area (Å²) in [7, 11) is 0. The Hall–Kier alpha value is -1.47. The number of nitrogens with one attached hydrogen (secondary N) is 1. The molecule has 0 saturated heterocycles. The fourth-order valence-electron chi connectivity index (χ4n) is 1.83. The molecule has 20 heavy (non-hydrogen) atoms. The van der Waals surface area contributed by atoms with Crippen molar-refractivity contribution >= 4 is 5.91 Å². The molecule has 0 saturated carbocycles. The number of carbonyl (C=O) groups excluding carboxylic acids is 1. The van der Waals surface area contributed by atoms with Crippen molar-refractivity contribution in [2.24, 2.45) is 5.84 Å². The Morgan fingerprint density at radius 3 is 2.80 bits per heavy atom. The second kappa shape index (κ2) is 10.3. The van der Waals surface area contributed by atoms with Crippen LogP contribution in [-0.4, -0.2) is 34.1 Å². The van der Waals surface area contributed by atoms with Crippen LogP contribution >= 0.6 is 0 Å². The van der Waals surface area contributed by atoms with Crippen LogP contribution in [0.25, 0.3) is 0 Å². The van der Waals surface area contributed by atoms with E-state index in [-0.39, 0.29) is 5.69 Å². The number of ether oxygens (including phenoxy) is 1. The molecular weight excluding hydrogens is 258 g/mol. The maximum absolute atomic E-state index is 11.2. The van der Waals surface area contributed by atoms with Crippen LogP contribution in [0.1, 0.15) is 55.9 Å². The number of unbranched alkanes of at least 4 members (excludes halogenated alkanes) is 5. The van der Waals surface area contributed by atoms with Crippen LogP contribution < -0.4 is 11.3 Å². The third kappa shape index (κ3) is 6.63. The zero-order valence-corrected chi connectivity index (χ0v) is 12.2. The van der Waals surface area contributed by atoms with E-state index in [4.69, 9.17) is 10.6 Å². The highest BCUT2D eigenvalue weighted by atomic mass is 16.5. The van der Waals surface area contributed by atoms with E-state index in [0.717, 1.165) is 13.0 Å². The lowest BCUT2D eigenvalue weighted by atomic mass is 10.1. The summed E-state index contributed by atoms with van der Waals surface area (Å²) >= 11 is 0. The molecule has 0 spiro atoms. The number of nitrogens with zero attached hydrogens (tertiary/aromatic N) is 3. The van der Waals surface area contributed by atoms with Gasteiger partial charge in [-0.15, -0.1) is 5.10 Å². The van der Waals surface area contributed by atoms with Crippen LogP contribution in [0.2, 0.25) is 0 Å². The molecule has 114 valence electrons. The highest BCUT2D eigenvalue weighted by molar-refractivity contribution is 5.91. The number of hydrazine groups is 1. The van der Waals surface area contributed by atoms with Gasteiger partial charge in [-0.25, -0.2) is 10.5 Å². The first kappa shape index (κ1) is 16.6. The minimum atomic E-state index is -0.441. The van der Waals surface area contributed by atoms with Crippen molar-refractivity contribution in [1.82, 2.24) is 20.4 Å². The zero-order valence-electron chi connectivity index (χ0n) is 12.2. The topological polar surface area (TPSA) is 95.1 Å². The van der Waals surface area contributed by atoms with Gasteiger partial charge in [-0.3, -0.25) is 10.2 Å². The van der Waals surface area contributed by atoms with Crippen LogP contribution in [0.3, 0.4) is 0 Å². The molecule has 1 amide bonds. The van der Waals surface area contributed by atoms with E-state index < -0.39 is 5.91 Å². The lowest BCUT2D eigenvalue weighted by Crippen LogP contribution is -2.30. The van der Waals surface area contributed by atoms with Crippen molar-refractivity contribution in [2.45, 2.75) is 52.0 Å². The molecule has 0 aliphatic carbocycles. The van der Waals surface area contributed by atoms with Crippen molar-refractivity contribution in [1.29, 1.82) is 0 Å². The first-order valence-corrected chi connectivity index (χ1v) is 7.26. The third-order valence-corrected chi connectivity index (χ3v) is 3.01. The highest BCUT2D eigenvalue weighted by Gasteiger charge is 2.08. The minimum Gasteiger partial charge on any atom is -0.380 e. The molecule has 0 aliphatic heterocycles. The molecule has 1 aromatic heterocycles. The molecule has 0 radical (unpaired) electrons. The largest absolute Gasteiger partial charge is 0.380 e. The van der Waals surface area contributed by atoms with Crippen molar-refractivity contribution in [3.05, 3.63) is 11.9 Å². The van der Waals surface area contributed by atoms with Gasteiger partial charge >= 0.3 is 0 Å². The quantitative estimate of drug-likeness (QED) is 0.276. The molecule has 0 unspecified atom stereocenters. The van der Waals surface area contributed by atoms with Crippen molar-refractivity contribution < 1.29 is 9.53 Å². The Labute approximate surface area is 119 Å². The van der Waals surface area contributed by atoms with Gasteiger partial charge in [0, 0.05) is 6.61 Å². The SMILES string of the molecule is CCCCCCCCOCCn1cc(C(=O)NN)nn1. The summed E-state index contributed by atoms with van der Waals surface area (Å²) in [5, 5.41) is 7.53. The lowest BCUT2D eigenvalue weighted by molar-refractivity contribution is 0.0948. The van der Waals surface area contributed by atoms with E-state index in [9.17, 15) is 4.79 Å². The molecule has 0 aromatic carbocycles.